The van der Waals surface area contributed by atoms with Crippen molar-refractivity contribution in [3.63, 3.8) is 0 Å². The topological polar surface area (TPSA) is 124 Å². The van der Waals surface area contributed by atoms with Gasteiger partial charge < -0.3 is 15.4 Å². The van der Waals surface area contributed by atoms with Gasteiger partial charge in [-0.15, -0.1) is 0 Å². The van der Waals surface area contributed by atoms with E-state index in [0.717, 1.165) is 33.5 Å². The molecule has 0 aliphatic rings. The minimum Gasteiger partial charge on any atom is -0.481 e. The van der Waals surface area contributed by atoms with Gasteiger partial charge in [0.05, 0.1) is 34.9 Å². The van der Waals surface area contributed by atoms with Crippen LogP contribution in [0.1, 0.15) is 29.4 Å². The number of hydrogen-bond donors (Lipinski definition) is 4. The first kappa shape index (κ1) is 26.3. The summed E-state index contributed by atoms with van der Waals surface area (Å²) in [6.07, 6.45) is -0.369. The van der Waals surface area contributed by atoms with Crippen LogP contribution < -0.4 is 10.0 Å². The monoisotopic (exact) mass is 540 g/mol. The first-order valence-electron chi connectivity index (χ1n) is 12.5. The van der Waals surface area contributed by atoms with Gasteiger partial charge in [-0.05, 0) is 52.6 Å². The molecular formula is C30H28N4O4S. The second-order valence-electron chi connectivity index (χ2n) is 9.21. The van der Waals surface area contributed by atoms with Gasteiger partial charge in [0, 0.05) is 6.54 Å². The van der Waals surface area contributed by atoms with E-state index < -0.39 is 22.0 Å². The van der Waals surface area contributed by atoms with Gasteiger partial charge in [0.25, 0.3) is 0 Å². The predicted octanol–water partition coefficient (Wildman–Crippen LogP) is 5.01. The van der Waals surface area contributed by atoms with Crippen molar-refractivity contribution in [3.8, 4) is 11.1 Å². The molecule has 0 aliphatic carbocycles. The number of rotatable bonds is 11. The van der Waals surface area contributed by atoms with Crippen LogP contribution in [-0.2, 0) is 27.9 Å². The summed E-state index contributed by atoms with van der Waals surface area (Å²) in [4.78, 5) is 19.4. The van der Waals surface area contributed by atoms with Crippen molar-refractivity contribution >= 4 is 27.0 Å². The van der Waals surface area contributed by atoms with Crippen LogP contribution in [0.2, 0.25) is 0 Å². The van der Waals surface area contributed by atoms with Crippen molar-refractivity contribution in [1.29, 1.82) is 0 Å². The molecule has 1 atom stereocenters. The number of aliphatic carboxylic acids is 1. The number of carboxylic acids is 1. The third kappa shape index (κ3) is 6.58. The van der Waals surface area contributed by atoms with Gasteiger partial charge in [0.15, 0.2) is 0 Å². The van der Waals surface area contributed by atoms with E-state index in [4.69, 9.17) is 0 Å². The average molecular weight is 541 g/mol. The van der Waals surface area contributed by atoms with Crippen molar-refractivity contribution in [2.75, 3.05) is 0 Å². The number of para-hydroxylation sites is 2. The fourth-order valence-corrected chi connectivity index (χ4v) is 5.73. The second kappa shape index (κ2) is 11.6. The largest absolute Gasteiger partial charge is 0.481 e. The van der Waals surface area contributed by atoms with Crippen LogP contribution in [-0.4, -0.2) is 29.5 Å². The number of nitrogens with one attached hydrogen (secondary N) is 3. The van der Waals surface area contributed by atoms with Gasteiger partial charge in [-0.2, -0.15) is 0 Å². The van der Waals surface area contributed by atoms with E-state index >= 15 is 0 Å². The highest BCUT2D eigenvalue weighted by molar-refractivity contribution is 7.89. The molecule has 0 aliphatic heterocycles. The summed E-state index contributed by atoms with van der Waals surface area (Å²) in [5, 5.41) is 12.7. The van der Waals surface area contributed by atoms with Crippen LogP contribution in [0, 0.1) is 0 Å². The molecule has 1 aromatic heterocycles. The normalized spacial score (nSPS) is 12.4. The molecule has 0 spiro atoms. The van der Waals surface area contributed by atoms with Crippen molar-refractivity contribution in [2.45, 2.75) is 30.4 Å². The number of carboxylic acid groups (broad SMARTS) is 1. The van der Waals surface area contributed by atoms with Crippen molar-refractivity contribution < 1.29 is 18.3 Å². The molecule has 0 amide bonds. The van der Waals surface area contributed by atoms with Crippen molar-refractivity contribution in [3.05, 3.63) is 120 Å². The number of aromatic amines is 1. The summed E-state index contributed by atoms with van der Waals surface area (Å²) < 4.78 is 29.1. The molecule has 1 unspecified atom stereocenters. The fourth-order valence-electron chi connectivity index (χ4n) is 4.46. The molecule has 4 N–H and O–H groups in total. The Labute approximate surface area is 226 Å². The summed E-state index contributed by atoms with van der Waals surface area (Å²) in [5.74, 6) is -0.236. The van der Waals surface area contributed by atoms with Gasteiger partial charge in [-0.25, -0.2) is 18.1 Å². The SMILES string of the molecule is O=C(O)CC(NS(=O)(=O)c1cccc(-c2cccc(CNCc3nc4ccccc4[nH]3)c2)c1)c1ccccc1. The van der Waals surface area contributed by atoms with Crippen molar-refractivity contribution in [1.82, 2.24) is 20.0 Å². The molecule has 0 saturated heterocycles. The molecule has 9 heteroatoms. The van der Waals surface area contributed by atoms with Crippen LogP contribution >= 0.6 is 0 Å². The van der Waals surface area contributed by atoms with Gasteiger partial charge in [0.1, 0.15) is 5.82 Å². The highest BCUT2D eigenvalue weighted by Crippen LogP contribution is 2.26. The molecule has 0 saturated carbocycles. The summed E-state index contributed by atoms with van der Waals surface area (Å²) in [6, 6.07) is 30.2. The number of imidazole rings is 1. The Kier molecular flexibility index (Phi) is 7.83. The Morgan fingerprint density at radius 3 is 2.33 bits per heavy atom. The summed E-state index contributed by atoms with van der Waals surface area (Å²) in [7, 11) is -3.99. The standard InChI is InChI=1S/C30H28N4O4S/c35-30(36)18-28(22-9-2-1-3-10-22)34-39(37,38)25-13-7-12-24(17-25)23-11-6-8-21(16-23)19-31-20-29-32-26-14-4-5-15-27(26)33-29/h1-17,28,31,34H,18-20H2,(H,32,33)(H,35,36). The smallest absolute Gasteiger partial charge is 0.305 e. The third-order valence-corrected chi connectivity index (χ3v) is 7.81. The van der Waals surface area contributed by atoms with Gasteiger partial charge in [0.2, 0.25) is 10.0 Å². The number of nitrogens with zero attached hydrogens (tertiary/aromatic N) is 1. The number of sulfonamides is 1. The molecule has 4 aromatic carbocycles. The van der Waals surface area contributed by atoms with E-state index in [0.29, 0.717) is 18.7 Å². The molecular weight excluding hydrogens is 512 g/mol. The zero-order valence-electron chi connectivity index (χ0n) is 21.0. The number of fused-ring (bicyclic) bond motifs is 1. The molecule has 0 radical (unpaired) electrons. The molecule has 5 aromatic rings. The summed E-state index contributed by atoms with van der Waals surface area (Å²) in [6.45, 7) is 1.19. The fraction of sp³-hybridized carbons (Fsp3) is 0.133. The van der Waals surface area contributed by atoms with Gasteiger partial charge in [-0.1, -0.05) is 72.8 Å². The maximum atomic E-state index is 13.3. The highest BCUT2D eigenvalue weighted by Gasteiger charge is 2.24. The van der Waals surface area contributed by atoms with E-state index in [9.17, 15) is 18.3 Å². The molecule has 0 fully saturated rings. The van der Waals surface area contributed by atoms with E-state index in [1.54, 1.807) is 42.5 Å². The highest BCUT2D eigenvalue weighted by atomic mass is 32.2. The Balaban J connectivity index is 1.30. The zero-order chi connectivity index (χ0) is 27.2. The summed E-state index contributed by atoms with van der Waals surface area (Å²) >= 11 is 0. The zero-order valence-corrected chi connectivity index (χ0v) is 21.9. The number of H-pyrrole nitrogens is 1. The molecule has 5 rings (SSSR count). The van der Waals surface area contributed by atoms with E-state index in [-0.39, 0.29) is 11.3 Å². The number of aromatic nitrogens is 2. The lowest BCUT2D eigenvalue weighted by atomic mass is 10.0. The molecule has 0 bridgehead atoms. The minimum atomic E-state index is -3.99. The lowest BCUT2D eigenvalue weighted by Crippen LogP contribution is -2.30. The first-order valence-corrected chi connectivity index (χ1v) is 14.0. The lowest BCUT2D eigenvalue weighted by Gasteiger charge is -2.18. The number of hydrogen-bond acceptors (Lipinski definition) is 5. The molecule has 198 valence electrons. The Morgan fingerprint density at radius 1 is 0.846 bits per heavy atom. The maximum Gasteiger partial charge on any atom is 0.305 e. The molecule has 8 nitrogen and oxygen atoms in total. The number of carbonyl (C=O) groups is 1. The van der Waals surface area contributed by atoms with Crippen LogP contribution in [0.3, 0.4) is 0 Å². The molecule has 1 heterocycles. The lowest BCUT2D eigenvalue weighted by molar-refractivity contribution is -0.137. The minimum absolute atomic E-state index is 0.0692. The molecule has 39 heavy (non-hydrogen) atoms. The predicted molar refractivity (Wildman–Crippen MR) is 150 cm³/mol. The van der Waals surface area contributed by atoms with Crippen LogP contribution in [0.25, 0.3) is 22.2 Å². The quantitative estimate of drug-likeness (QED) is 0.187. The first-order chi connectivity index (χ1) is 18.9. The van der Waals surface area contributed by atoms with Crippen LogP contribution in [0.4, 0.5) is 0 Å². The van der Waals surface area contributed by atoms with E-state index in [1.807, 2.05) is 54.6 Å². The van der Waals surface area contributed by atoms with Crippen LogP contribution in [0.15, 0.2) is 108 Å². The van der Waals surface area contributed by atoms with E-state index in [1.165, 1.54) is 6.07 Å². The van der Waals surface area contributed by atoms with Crippen LogP contribution in [0.5, 0.6) is 0 Å². The van der Waals surface area contributed by atoms with E-state index in [2.05, 4.69) is 20.0 Å². The average Bonchev–Trinajstić information content (AvgIpc) is 3.36. The van der Waals surface area contributed by atoms with Gasteiger partial charge in [-0.3, -0.25) is 4.79 Å². The second-order valence-corrected chi connectivity index (χ2v) is 10.9. The third-order valence-electron chi connectivity index (χ3n) is 6.34. The van der Waals surface area contributed by atoms with Gasteiger partial charge >= 0.3 is 5.97 Å². The maximum absolute atomic E-state index is 13.3. The Bertz CT molecular complexity index is 1670. The van der Waals surface area contributed by atoms with Crippen molar-refractivity contribution in [2.24, 2.45) is 0 Å². The number of benzene rings is 4. The Hall–Kier alpha value is -4.31. The summed E-state index contributed by atoms with van der Waals surface area (Å²) in [5.41, 5.74) is 5.17. The Morgan fingerprint density at radius 2 is 1.56 bits per heavy atom.